The number of hydrogen-bond acceptors (Lipinski definition) is 4. The Balaban J connectivity index is 2.26. The number of nitrogens with two attached hydrogens (primary N) is 1. The van der Waals surface area contributed by atoms with Crippen molar-refractivity contribution in [3.8, 4) is 0 Å². The molecule has 0 saturated carbocycles. The highest BCUT2D eigenvalue weighted by Gasteiger charge is 2.19. The number of hydrogen-bond donors (Lipinski definition) is 1. The zero-order chi connectivity index (χ0) is 14.2. The number of rotatable bonds is 4. The van der Waals surface area contributed by atoms with Gasteiger partial charge in [-0.05, 0) is 5.92 Å². The zero-order valence-electron chi connectivity index (χ0n) is 12.3. The Kier molecular flexibility index (Phi) is 3.50. The van der Waals surface area contributed by atoms with Crippen LogP contribution in [-0.4, -0.2) is 26.6 Å². The van der Waals surface area contributed by atoms with E-state index >= 15 is 0 Å². The number of nitrogens with zero attached hydrogens (tertiary/aromatic N) is 5. The van der Waals surface area contributed by atoms with E-state index in [-0.39, 0.29) is 0 Å². The molecule has 104 valence electrons. The minimum Gasteiger partial charge on any atom is -0.394 e. The maximum absolute atomic E-state index is 6.22. The number of aryl methyl sites for hydroxylation is 2. The Hall–Kier alpha value is -1.98. The summed E-state index contributed by atoms with van der Waals surface area (Å²) in [4.78, 5) is 2.10. The standard InChI is InChI=1S/C13H22N6/c1-9(2)12-11(14)13(19(5)16-12)17(3)7-10-6-15-18(4)8-10/h6,8-9H,7,14H2,1-5H3. The van der Waals surface area contributed by atoms with Crippen LogP contribution in [0, 0.1) is 0 Å². The van der Waals surface area contributed by atoms with Crippen molar-refractivity contribution in [2.24, 2.45) is 14.1 Å². The summed E-state index contributed by atoms with van der Waals surface area (Å²) in [6.07, 6.45) is 3.87. The lowest BCUT2D eigenvalue weighted by atomic mass is 10.1. The van der Waals surface area contributed by atoms with Gasteiger partial charge in [0.25, 0.3) is 0 Å². The van der Waals surface area contributed by atoms with Crippen LogP contribution in [0.5, 0.6) is 0 Å². The molecule has 0 aromatic carbocycles. The monoisotopic (exact) mass is 262 g/mol. The van der Waals surface area contributed by atoms with Crippen molar-refractivity contribution in [1.82, 2.24) is 19.6 Å². The smallest absolute Gasteiger partial charge is 0.150 e. The first-order chi connectivity index (χ1) is 8.90. The van der Waals surface area contributed by atoms with E-state index in [1.807, 2.05) is 38.2 Å². The number of aromatic nitrogens is 4. The summed E-state index contributed by atoms with van der Waals surface area (Å²) >= 11 is 0. The summed E-state index contributed by atoms with van der Waals surface area (Å²) in [6, 6.07) is 0. The Morgan fingerprint density at radius 2 is 2.05 bits per heavy atom. The van der Waals surface area contributed by atoms with Gasteiger partial charge >= 0.3 is 0 Å². The van der Waals surface area contributed by atoms with Gasteiger partial charge < -0.3 is 10.6 Å². The van der Waals surface area contributed by atoms with Gasteiger partial charge in [-0.2, -0.15) is 10.2 Å². The van der Waals surface area contributed by atoms with Gasteiger partial charge in [0.05, 0.1) is 17.6 Å². The Bertz CT molecular complexity index is 566. The van der Waals surface area contributed by atoms with Gasteiger partial charge in [0.15, 0.2) is 0 Å². The highest BCUT2D eigenvalue weighted by Crippen LogP contribution is 2.30. The molecule has 0 aliphatic carbocycles. The van der Waals surface area contributed by atoms with Crippen LogP contribution in [0.25, 0.3) is 0 Å². The Labute approximate surface area is 113 Å². The van der Waals surface area contributed by atoms with Crippen molar-refractivity contribution < 1.29 is 0 Å². The predicted octanol–water partition coefficient (Wildman–Crippen LogP) is 1.50. The third-order valence-corrected chi connectivity index (χ3v) is 3.17. The highest BCUT2D eigenvalue weighted by atomic mass is 15.4. The first kappa shape index (κ1) is 13.5. The lowest BCUT2D eigenvalue weighted by Gasteiger charge is -2.19. The van der Waals surface area contributed by atoms with E-state index in [9.17, 15) is 0 Å². The molecular formula is C13H22N6. The van der Waals surface area contributed by atoms with Gasteiger partial charge in [0, 0.05) is 39.4 Å². The van der Waals surface area contributed by atoms with E-state index in [1.54, 1.807) is 4.68 Å². The Morgan fingerprint density at radius 1 is 1.37 bits per heavy atom. The Morgan fingerprint density at radius 3 is 2.53 bits per heavy atom. The summed E-state index contributed by atoms with van der Waals surface area (Å²) in [5, 5.41) is 8.68. The van der Waals surface area contributed by atoms with Gasteiger partial charge in [-0.1, -0.05) is 13.8 Å². The maximum Gasteiger partial charge on any atom is 0.150 e. The largest absolute Gasteiger partial charge is 0.394 e. The zero-order valence-corrected chi connectivity index (χ0v) is 12.3. The fourth-order valence-corrected chi connectivity index (χ4v) is 2.33. The van der Waals surface area contributed by atoms with Crippen molar-refractivity contribution in [2.75, 3.05) is 17.7 Å². The molecular weight excluding hydrogens is 240 g/mol. The molecule has 0 spiro atoms. The molecule has 0 atom stereocenters. The summed E-state index contributed by atoms with van der Waals surface area (Å²) in [5.74, 6) is 1.28. The molecule has 19 heavy (non-hydrogen) atoms. The summed E-state index contributed by atoms with van der Waals surface area (Å²) in [7, 11) is 5.86. The van der Waals surface area contributed by atoms with Gasteiger partial charge in [-0.3, -0.25) is 9.36 Å². The third-order valence-electron chi connectivity index (χ3n) is 3.17. The molecule has 0 fully saturated rings. The first-order valence-electron chi connectivity index (χ1n) is 6.41. The fourth-order valence-electron chi connectivity index (χ4n) is 2.33. The number of anilines is 2. The van der Waals surface area contributed by atoms with Crippen LogP contribution in [-0.2, 0) is 20.6 Å². The average molecular weight is 262 g/mol. The molecule has 2 aromatic heterocycles. The second kappa shape index (κ2) is 4.95. The summed E-state index contributed by atoms with van der Waals surface area (Å²) in [6.45, 7) is 4.96. The van der Waals surface area contributed by atoms with E-state index in [1.165, 1.54) is 0 Å². The van der Waals surface area contributed by atoms with E-state index < -0.39 is 0 Å². The second-order valence-electron chi connectivity index (χ2n) is 5.28. The summed E-state index contributed by atoms with van der Waals surface area (Å²) < 4.78 is 3.65. The summed E-state index contributed by atoms with van der Waals surface area (Å²) in [5.41, 5.74) is 9.09. The quantitative estimate of drug-likeness (QED) is 0.906. The molecule has 6 nitrogen and oxygen atoms in total. The van der Waals surface area contributed by atoms with Crippen LogP contribution in [0.1, 0.15) is 31.0 Å². The van der Waals surface area contributed by atoms with Crippen molar-refractivity contribution in [3.05, 3.63) is 23.7 Å². The fraction of sp³-hybridized carbons (Fsp3) is 0.538. The minimum atomic E-state index is 0.326. The lowest BCUT2D eigenvalue weighted by molar-refractivity contribution is 0.698. The van der Waals surface area contributed by atoms with Crippen LogP contribution >= 0.6 is 0 Å². The third kappa shape index (κ3) is 2.57. The molecule has 2 N–H and O–H groups in total. The lowest BCUT2D eigenvalue weighted by Crippen LogP contribution is -2.20. The molecule has 2 heterocycles. The van der Waals surface area contributed by atoms with Gasteiger partial charge in [-0.25, -0.2) is 0 Å². The van der Waals surface area contributed by atoms with Crippen LogP contribution < -0.4 is 10.6 Å². The van der Waals surface area contributed by atoms with Crippen LogP contribution in [0.4, 0.5) is 11.5 Å². The predicted molar refractivity (Wildman–Crippen MR) is 77.0 cm³/mol. The van der Waals surface area contributed by atoms with E-state index in [0.717, 1.165) is 29.3 Å². The van der Waals surface area contributed by atoms with Crippen LogP contribution in [0.3, 0.4) is 0 Å². The molecule has 2 aromatic rings. The SMILES string of the molecule is CC(C)c1nn(C)c(N(C)Cc2cnn(C)c2)c1N. The first-order valence-corrected chi connectivity index (χ1v) is 6.41. The molecule has 0 unspecified atom stereocenters. The van der Waals surface area contributed by atoms with Crippen molar-refractivity contribution in [2.45, 2.75) is 26.3 Å². The van der Waals surface area contributed by atoms with Gasteiger partial charge in [0.1, 0.15) is 5.82 Å². The van der Waals surface area contributed by atoms with Gasteiger partial charge in [-0.15, -0.1) is 0 Å². The van der Waals surface area contributed by atoms with E-state index in [2.05, 4.69) is 28.9 Å². The maximum atomic E-state index is 6.22. The molecule has 0 saturated heterocycles. The van der Waals surface area contributed by atoms with Crippen LogP contribution in [0.15, 0.2) is 12.4 Å². The molecule has 0 radical (unpaired) electrons. The topological polar surface area (TPSA) is 64.9 Å². The van der Waals surface area contributed by atoms with Crippen LogP contribution in [0.2, 0.25) is 0 Å². The number of nitrogen functional groups attached to an aromatic ring is 1. The van der Waals surface area contributed by atoms with E-state index in [0.29, 0.717) is 5.92 Å². The van der Waals surface area contributed by atoms with Crippen molar-refractivity contribution in [1.29, 1.82) is 0 Å². The van der Waals surface area contributed by atoms with E-state index in [4.69, 9.17) is 5.73 Å². The molecule has 2 rings (SSSR count). The molecule has 0 bridgehead atoms. The highest BCUT2D eigenvalue weighted by molar-refractivity contribution is 5.66. The molecule has 0 aliphatic rings. The second-order valence-corrected chi connectivity index (χ2v) is 5.28. The normalized spacial score (nSPS) is 11.3. The molecule has 0 amide bonds. The minimum absolute atomic E-state index is 0.326. The van der Waals surface area contributed by atoms with Gasteiger partial charge in [0.2, 0.25) is 0 Å². The molecule has 6 heteroatoms. The molecule has 0 aliphatic heterocycles. The average Bonchev–Trinajstić information content (AvgIpc) is 2.83. The van der Waals surface area contributed by atoms with Crippen molar-refractivity contribution in [3.63, 3.8) is 0 Å². The van der Waals surface area contributed by atoms with Crippen molar-refractivity contribution >= 4 is 11.5 Å².